The first-order chi connectivity index (χ1) is 9.60. The van der Waals surface area contributed by atoms with Crippen LogP contribution in [-0.2, 0) is 13.1 Å². The standard InChI is InChI=1S/C15H24N2O3/c1-12-4-2-5-16(9-12)10-13-8-14(19)15(20)11-17(13)6-3-7-18/h8,11-12,18,20H,2-7,9-10H2,1H3. The number of aliphatic hydroxyl groups is 1. The Hall–Kier alpha value is -1.33. The van der Waals surface area contributed by atoms with Crippen LogP contribution in [0, 0.1) is 5.92 Å². The molecule has 0 saturated carbocycles. The number of aryl methyl sites for hydroxylation is 1. The van der Waals surface area contributed by atoms with E-state index in [9.17, 15) is 9.90 Å². The summed E-state index contributed by atoms with van der Waals surface area (Å²) in [6.45, 7) is 5.80. The Bertz CT molecular complexity index is 498. The van der Waals surface area contributed by atoms with Crippen molar-refractivity contribution in [3.8, 4) is 5.75 Å². The summed E-state index contributed by atoms with van der Waals surface area (Å²) in [4.78, 5) is 14.0. The van der Waals surface area contributed by atoms with Crippen molar-refractivity contribution >= 4 is 0 Å². The van der Waals surface area contributed by atoms with Crippen molar-refractivity contribution in [2.24, 2.45) is 5.92 Å². The van der Waals surface area contributed by atoms with E-state index < -0.39 is 0 Å². The van der Waals surface area contributed by atoms with E-state index in [2.05, 4.69) is 11.8 Å². The molecule has 2 N–H and O–H groups in total. The van der Waals surface area contributed by atoms with Gasteiger partial charge in [-0.3, -0.25) is 9.69 Å². The molecule has 1 aromatic rings. The monoisotopic (exact) mass is 280 g/mol. The fourth-order valence-electron chi connectivity index (χ4n) is 2.85. The summed E-state index contributed by atoms with van der Waals surface area (Å²) in [5.74, 6) is 0.470. The van der Waals surface area contributed by atoms with Gasteiger partial charge in [-0.25, -0.2) is 0 Å². The molecule has 1 aliphatic heterocycles. The zero-order valence-corrected chi connectivity index (χ0v) is 12.1. The Balaban J connectivity index is 2.15. The van der Waals surface area contributed by atoms with Crippen LogP contribution in [0.3, 0.4) is 0 Å². The molecule has 112 valence electrons. The van der Waals surface area contributed by atoms with Crippen LogP contribution in [0.1, 0.15) is 31.9 Å². The molecule has 1 fully saturated rings. The third kappa shape index (κ3) is 3.84. The maximum absolute atomic E-state index is 11.6. The van der Waals surface area contributed by atoms with Crippen LogP contribution in [0.2, 0.25) is 0 Å². The Morgan fingerprint density at radius 2 is 2.25 bits per heavy atom. The number of rotatable bonds is 5. The second-order valence-corrected chi connectivity index (χ2v) is 5.77. The van der Waals surface area contributed by atoms with Crippen molar-refractivity contribution in [1.29, 1.82) is 0 Å². The fourth-order valence-corrected chi connectivity index (χ4v) is 2.85. The maximum Gasteiger partial charge on any atom is 0.223 e. The van der Waals surface area contributed by atoms with E-state index >= 15 is 0 Å². The van der Waals surface area contributed by atoms with E-state index in [-0.39, 0.29) is 17.8 Å². The smallest absolute Gasteiger partial charge is 0.223 e. The molecule has 1 unspecified atom stereocenters. The lowest BCUT2D eigenvalue weighted by Crippen LogP contribution is -2.35. The molecule has 0 amide bonds. The fraction of sp³-hybridized carbons (Fsp3) is 0.667. The van der Waals surface area contributed by atoms with E-state index in [1.165, 1.54) is 25.1 Å². The van der Waals surface area contributed by atoms with Gasteiger partial charge >= 0.3 is 0 Å². The van der Waals surface area contributed by atoms with Gasteiger partial charge < -0.3 is 14.8 Å². The number of hydrogen-bond donors (Lipinski definition) is 2. The van der Waals surface area contributed by atoms with Crippen molar-refractivity contribution in [2.75, 3.05) is 19.7 Å². The molecule has 2 heterocycles. The minimum atomic E-state index is -0.328. The van der Waals surface area contributed by atoms with E-state index in [4.69, 9.17) is 5.11 Å². The minimum Gasteiger partial charge on any atom is -0.503 e. The molecule has 1 saturated heterocycles. The molecule has 1 aliphatic rings. The highest BCUT2D eigenvalue weighted by Crippen LogP contribution is 2.18. The lowest BCUT2D eigenvalue weighted by molar-refractivity contribution is 0.172. The quantitative estimate of drug-likeness (QED) is 0.849. The van der Waals surface area contributed by atoms with Crippen LogP contribution >= 0.6 is 0 Å². The van der Waals surface area contributed by atoms with Crippen LogP contribution in [-0.4, -0.2) is 39.4 Å². The van der Waals surface area contributed by atoms with Gasteiger partial charge in [-0.05, 0) is 31.7 Å². The molecule has 5 heteroatoms. The lowest BCUT2D eigenvalue weighted by Gasteiger charge is -2.31. The molecule has 0 spiro atoms. The molecule has 1 atom stereocenters. The Kier molecular flexibility index (Phi) is 5.20. The van der Waals surface area contributed by atoms with Crippen LogP contribution in [0.25, 0.3) is 0 Å². The van der Waals surface area contributed by atoms with E-state index in [1.54, 1.807) is 0 Å². The first kappa shape index (κ1) is 15.1. The van der Waals surface area contributed by atoms with Gasteiger partial charge in [0.15, 0.2) is 5.75 Å². The number of aromatic nitrogens is 1. The molecule has 0 aromatic carbocycles. The topological polar surface area (TPSA) is 65.7 Å². The highest BCUT2D eigenvalue weighted by Gasteiger charge is 2.17. The van der Waals surface area contributed by atoms with Gasteiger partial charge in [-0.2, -0.15) is 0 Å². The largest absolute Gasteiger partial charge is 0.503 e. The molecular weight excluding hydrogens is 256 g/mol. The maximum atomic E-state index is 11.6. The Labute approximate surface area is 119 Å². The average molecular weight is 280 g/mol. The molecular formula is C15H24N2O3. The second kappa shape index (κ2) is 6.90. The number of piperidine rings is 1. The number of aliphatic hydroxyl groups excluding tert-OH is 1. The molecule has 20 heavy (non-hydrogen) atoms. The molecule has 1 aromatic heterocycles. The predicted octanol–water partition coefficient (Wildman–Crippen LogP) is 1.17. The molecule has 0 radical (unpaired) electrons. The van der Waals surface area contributed by atoms with E-state index in [0.29, 0.717) is 18.9 Å². The van der Waals surface area contributed by atoms with Gasteiger partial charge in [-0.1, -0.05) is 6.92 Å². The van der Waals surface area contributed by atoms with Crippen LogP contribution in [0.4, 0.5) is 0 Å². The van der Waals surface area contributed by atoms with Crippen molar-refractivity contribution < 1.29 is 10.2 Å². The van der Waals surface area contributed by atoms with Gasteiger partial charge in [-0.15, -0.1) is 0 Å². The van der Waals surface area contributed by atoms with E-state index in [1.807, 2.05) is 4.57 Å². The van der Waals surface area contributed by atoms with Gasteiger partial charge in [0.05, 0.1) is 6.20 Å². The third-order valence-electron chi connectivity index (χ3n) is 3.88. The van der Waals surface area contributed by atoms with Gasteiger partial charge in [0.25, 0.3) is 0 Å². The van der Waals surface area contributed by atoms with Crippen molar-refractivity contribution in [1.82, 2.24) is 9.47 Å². The predicted molar refractivity (Wildman–Crippen MR) is 77.7 cm³/mol. The van der Waals surface area contributed by atoms with E-state index in [0.717, 1.165) is 25.3 Å². The van der Waals surface area contributed by atoms with Gasteiger partial charge in [0, 0.05) is 38.0 Å². The first-order valence-corrected chi connectivity index (χ1v) is 7.35. The van der Waals surface area contributed by atoms with Gasteiger partial charge in [0.1, 0.15) is 0 Å². The third-order valence-corrected chi connectivity index (χ3v) is 3.88. The molecule has 0 aliphatic carbocycles. The number of aromatic hydroxyl groups is 1. The molecule has 0 bridgehead atoms. The number of pyridine rings is 1. The SMILES string of the molecule is CC1CCCN(Cc2cc(=O)c(O)cn2CCCO)C1. The second-order valence-electron chi connectivity index (χ2n) is 5.77. The zero-order chi connectivity index (χ0) is 14.5. The summed E-state index contributed by atoms with van der Waals surface area (Å²) in [6.07, 6.45) is 4.57. The van der Waals surface area contributed by atoms with Crippen LogP contribution in [0.5, 0.6) is 5.75 Å². The average Bonchev–Trinajstić information content (AvgIpc) is 2.41. The zero-order valence-electron chi connectivity index (χ0n) is 12.1. The summed E-state index contributed by atoms with van der Waals surface area (Å²) in [6, 6.07) is 1.52. The molecule has 2 rings (SSSR count). The van der Waals surface area contributed by atoms with Crippen molar-refractivity contribution in [2.45, 2.75) is 39.3 Å². The van der Waals surface area contributed by atoms with Crippen LogP contribution in [0.15, 0.2) is 17.1 Å². The van der Waals surface area contributed by atoms with Crippen molar-refractivity contribution in [3.05, 3.63) is 28.2 Å². The highest BCUT2D eigenvalue weighted by atomic mass is 16.3. The minimum absolute atomic E-state index is 0.104. The lowest BCUT2D eigenvalue weighted by atomic mass is 10.0. The summed E-state index contributed by atoms with van der Waals surface area (Å²) in [7, 11) is 0. The van der Waals surface area contributed by atoms with Crippen LogP contribution < -0.4 is 5.43 Å². The highest BCUT2D eigenvalue weighted by molar-refractivity contribution is 5.20. The number of hydrogen-bond acceptors (Lipinski definition) is 4. The Morgan fingerprint density at radius 3 is 2.95 bits per heavy atom. The van der Waals surface area contributed by atoms with Crippen molar-refractivity contribution in [3.63, 3.8) is 0 Å². The summed E-state index contributed by atoms with van der Waals surface area (Å²) in [5.41, 5.74) is 0.584. The molecule has 5 nitrogen and oxygen atoms in total. The number of likely N-dealkylation sites (tertiary alicyclic amines) is 1. The van der Waals surface area contributed by atoms with Gasteiger partial charge in [0.2, 0.25) is 5.43 Å². The summed E-state index contributed by atoms with van der Waals surface area (Å²) >= 11 is 0. The summed E-state index contributed by atoms with van der Waals surface area (Å²) in [5, 5.41) is 18.5. The number of nitrogens with zero attached hydrogens (tertiary/aromatic N) is 2. The first-order valence-electron chi connectivity index (χ1n) is 7.35. The summed E-state index contributed by atoms with van der Waals surface area (Å²) < 4.78 is 1.88. The Morgan fingerprint density at radius 1 is 1.45 bits per heavy atom. The normalized spacial score (nSPS) is 20.2.